The number of nitrogens with zero attached hydrogens (tertiary/aromatic N) is 1. The molecule has 0 aliphatic carbocycles. The summed E-state index contributed by atoms with van der Waals surface area (Å²) in [5.41, 5.74) is -0.427. The lowest BCUT2D eigenvalue weighted by atomic mass is 9.95. The molecule has 172 valence electrons. The molecule has 2 fully saturated rings. The molecule has 10 heteroatoms. The van der Waals surface area contributed by atoms with Crippen molar-refractivity contribution >= 4 is 17.9 Å². The Kier molecular flexibility index (Phi) is 6.46. The fourth-order valence-electron chi connectivity index (χ4n) is 4.16. The molecule has 2 saturated heterocycles. The molecule has 3 atom stereocenters. The lowest BCUT2D eigenvalue weighted by Gasteiger charge is -2.33. The van der Waals surface area contributed by atoms with Crippen LogP contribution in [0.5, 0.6) is 0 Å². The topological polar surface area (TPSA) is 41.6 Å². The predicted octanol–water partition coefficient (Wildman–Crippen LogP) is 4.18. The van der Waals surface area contributed by atoms with Crippen LogP contribution in [0.15, 0.2) is 36.4 Å². The number of halogens is 5. The largest absolute Gasteiger partial charge is 0.368 e. The van der Waals surface area contributed by atoms with Crippen LogP contribution in [-0.4, -0.2) is 54.3 Å². The number of nitrogens with one attached hydrogen (secondary N) is 1. The number of amides is 1. The Balaban J connectivity index is 1.70. The van der Waals surface area contributed by atoms with Crippen LogP contribution in [0, 0.1) is 17.5 Å². The molecule has 2 aromatic carbocycles. The van der Waals surface area contributed by atoms with Gasteiger partial charge in [0.25, 0.3) is 11.8 Å². The van der Waals surface area contributed by atoms with Crippen molar-refractivity contribution in [3.63, 3.8) is 0 Å². The van der Waals surface area contributed by atoms with Crippen LogP contribution in [0.25, 0.3) is 11.1 Å². The van der Waals surface area contributed by atoms with Gasteiger partial charge >= 0.3 is 0 Å². The molecule has 0 unspecified atom stereocenters. The van der Waals surface area contributed by atoms with Gasteiger partial charge in [-0.05, 0) is 36.4 Å². The zero-order valence-electron chi connectivity index (χ0n) is 17.1. The summed E-state index contributed by atoms with van der Waals surface area (Å²) in [6.07, 6.45) is 1.01. The summed E-state index contributed by atoms with van der Waals surface area (Å²) < 4.78 is 80.6. The molecule has 0 spiro atoms. The molecule has 0 bridgehead atoms. The highest BCUT2D eigenvalue weighted by Crippen LogP contribution is 2.38. The summed E-state index contributed by atoms with van der Waals surface area (Å²) in [6.45, 7) is -0.428. The molecule has 2 heterocycles. The number of likely N-dealkylation sites (tertiary alicyclic amines) is 1. The van der Waals surface area contributed by atoms with E-state index in [2.05, 4.69) is 4.72 Å². The molecule has 0 radical (unpaired) electrons. The smallest absolute Gasteiger partial charge is 0.283 e. The third-order valence-corrected chi connectivity index (χ3v) is 6.34. The van der Waals surface area contributed by atoms with E-state index < -0.39 is 54.0 Å². The summed E-state index contributed by atoms with van der Waals surface area (Å²) >= 11 is 0.981. The van der Waals surface area contributed by atoms with Crippen molar-refractivity contribution < 1.29 is 31.5 Å². The second-order valence-electron chi connectivity index (χ2n) is 7.85. The van der Waals surface area contributed by atoms with E-state index in [1.54, 1.807) is 6.26 Å². The van der Waals surface area contributed by atoms with Crippen molar-refractivity contribution in [3.05, 3.63) is 59.4 Å². The minimum absolute atomic E-state index is 0.0223. The summed E-state index contributed by atoms with van der Waals surface area (Å²) in [6, 6.07) is 4.35. The van der Waals surface area contributed by atoms with Gasteiger partial charge in [-0.1, -0.05) is 30.1 Å². The van der Waals surface area contributed by atoms with E-state index >= 15 is 4.39 Å². The maximum absolute atomic E-state index is 15.4. The van der Waals surface area contributed by atoms with E-state index in [4.69, 9.17) is 4.74 Å². The Morgan fingerprint density at radius 1 is 1.22 bits per heavy atom. The number of hydrogen-bond acceptors (Lipinski definition) is 4. The molecule has 1 amide bonds. The number of ether oxygens (including phenoxy) is 1. The summed E-state index contributed by atoms with van der Waals surface area (Å²) in [5, 5.41) is 0. The Bertz CT molecular complexity index is 1020. The highest BCUT2D eigenvalue weighted by molar-refractivity contribution is 7.96. The Morgan fingerprint density at radius 2 is 1.97 bits per heavy atom. The number of carbonyl (C=O) groups is 1. The van der Waals surface area contributed by atoms with Gasteiger partial charge < -0.3 is 9.64 Å². The van der Waals surface area contributed by atoms with Crippen LogP contribution in [0.3, 0.4) is 0 Å². The SMILES string of the molecule is CSN[C@@H]1[C@H](Cc2cccc(-c3cc(F)ccc3F)c2F)N(C(=O)[C@@H]2CCO2)CC1(F)F. The summed E-state index contributed by atoms with van der Waals surface area (Å²) in [7, 11) is 0. The van der Waals surface area contributed by atoms with Crippen molar-refractivity contribution in [1.82, 2.24) is 9.62 Å². The molecule has 2 aliphatic rings. The summed E-state index contributed by atoms with van der Waals surface area (Å²) in [5.74, 6) is -6.18. The van der Waals surface area contributed by atoms with Gasteiger partial charge in [-0.15, -0.1) is 0 Å². The first-order valence-electron chi connectivity index (χ1n) is 10.0. The zero-order chi connectivity index (χ0) is 23.0. The number of carbonyl (C=O) groups excluding carboxylic acids is 1. The second-order valence-corrected chi connectivity index (χ2v) is 8.49. The molecule has 32 heavy (non-hydrogen) atoms. The van der Waals surface area contributed by atoms with Gasteiger partial charge in [0.1, 0.15) is 29.6 Å². The normalized spacial score (nSPS) is 24.4. The van der Waals surface area contributed by atoms with E-state index in [1.807, 2.05) is 0 Å². The maximum Gasteiger partial charge on any atom is 0.283 e. The predicted molar refractivity (Wildman–Crippen MR) is 111 cm³/mol. The van der Waals surface area contributed by atoms with Crippen LogP contribution in [-0.2, 0) is 16.0 Å². The first kappa shape index (κ1) is 23.0. The molecule has 4 nitrogen and oxygen atoms in total. The van der Waals surface area contributed by atoms with Gasteiger partial charge in [0, 0.05) is 17.5 Å². The van der Waals surface area contributed by atoms with Gasteiger partial charge in [0.05, 0.1) is 19.2 Å². The Hall–Kier alpha value is -2.17. The van der Waals surface area contributed by atoms with Gasteiger partial charge in [-0.25, -0.2) is 22.0 Å². The van der Waals surface area contributed by atoms with Gasteiger partial charge in [0.15, 0.2) is 0 Å². The van der Waals surface area contributed by atoms with Crippen LogP contribution in [0.4, 0.5) is 22.0 Å². The molecular weight excluding hydrogens is 451 g/mol. The quantitative estimate of drug-likeness (QED) is 0.506. The fourth-order valence-corrected chi connectivity index (χ4v) is 4.74. The molecular formula is C22H21F5N2O2S. The minimum atomic E-state index is -3.24. The van der Waals surface area contributed by atoms with E-state index in [1.165, 1.54) is 18.2 Å². The van der Waals surface area contributed by atoms with E-state index in [0.29, 0.717) is 13.0 Å². The molecule has 4 rings (SSSR count). The van der Waals surface area contributed by atoms with Crippen molar-refractivity contribution in [2.24, 2.45) is 0 Å². The van der Waals surface area contributed by atoms with Gasteiger partial charge in [-0.3, -0.25) is 9.52 Å². The van der Waals surface area contributed by atoms with Crippen molar-refractivity contribution in [2.75, 3.05) is 19.4 Å². The standard InChI is InChI=1S/C22H21F5N2O2S/c1-32-28-20-17(29(11-22(20,26)27)21(30)18-7-8-31-18)9-12-3-2-4-14(19(12)25)15-10-13(23)5-6-16(15)24/h2-6,10,17-18,20,28H,7-9,11H2,1H3/t17-,18-,20+/m0/s1. The maximum atomic E-state index is 15.4. The van der Waals surface area contributed by atoms with Crippen molar-refractivity contribution in [2.45, 2.75) is 37.0 Å². The molecule has 2 aliphatic heterocycles. The number of alkyl halides is 2. The molecule has 0 aromatic heterocycles. The highest BCUT2D eigenvalue weighted by Gasteiger charge is 2.57. The molecule has 0 saturated carbocycles. The highest BCUT2D eigenvalue weighted by atomic mass is 32.2. The number of rotatable bonds is 6. The first-order chi connectivity index (χ1) is 15.2. The van der Waals surface area contributed by atoms with E-state index in [9.17, 15) is 22.4 Å². The third kappa shape index (κ3) is 4.23. The number of benzene rings is 2. The first-order valence-corrected chi connectivity index (χ1v) is 11.3. The van der Waals surface area contributed by atoms with Crippen LogP contribution < -0.4 is 4.72 Å². The monoisotopic (exact) mass is 472 g/mol. The van der Waals surface area contributed by atoms with Crippen molar-refractivity contribution in [1.29, 1.82) is 0 Å². The molecule has 1 N–H and O–H groups in total. The van der Waals surface area contributed by atoms with Crippen molar-refractivity contribution in [3.8, 4) is 11.1 Å². The second kappa shape index (κ2) is 8.99. The Morgan fingerprint density at radius 3 is 2.62 bits per heavy atom. The van der Waals surface area contributed by atoms with Crippen LogP contribution in [0.2, 0.25) is 0 Å². The average molecular weight is 472 g/mol. The van der Waals surface area contributed by atoms with E-state index in [0.717, 1.165) is 35.0 Å². The lowest BCUT2D eigenvalue weighted by molar-refractivity contribution is -0.158. The average Bonchev–Trinajstić information content (AvgIpc) is 2.95. The Labute approximate surface area is 186 Å². The lowest BCUT2D eigenvalue weighted by Crippen LogP contribution is -2.51. The fraction of sp³-hybridized carbons (Fsp3) is 0.409. The summed E-state index contributed by atoms with van der Waals surface area (Å²) in [4.78, 5) is 13.8. The third-order valence-electron chi connectivity index (χ3n) is 5.85. The van der Waals surface area contributed by atoms with E-state index in [-0.39, 0.29) is 23.1 Å². The van der Waals surface area contributed by atoms with Gasteiger partial charge in [0.2, 0.25) is 0 Å². The zero-order valence-corrected chi connectivity index (χ0v) is 17.9. The van der Waals surface area contributed by atoms with Gasteiger partial charge in [-0.2, -0.15) is 0 Å². The number of hydrogen-bond donors (Lipinski definition) is 1. The van der Waals surface area contributed by atoms with Crippen LogP contribution >= 0.6 is 11.9 Å². The molecule has 2 aromatic rings. The minimum Gasteiger partial charge on any atom is -0.368 e. The van der Waals surface area contributed by atoms with Crippen LogP contribution in [0.1, 0.15) is 12.0 Å².